The topological polar surface area (TPSA) is 55.2 Å². The molecule has 1 atom stereocenters. The molecule has 31 heavy (non-hydrogen) atoms. The predicted molar refractivity (Wildman–Crippen MR) is 111 cm³/mol. The SMILES string of the molecule is CCCC(=O)C1(c2ccccc2)CCN(C(C=O)n2nc(C(F)(F)F)c(Cl)c2C)CC1. The van der Waals surface area contributed by atoms with Crippen molar-refractivity contribution in [2.24, 2.45) is 0 Å². The summed E-state index contributed by atoms with van der Waals surface area (Å²) in [4.78, 5) is 26.8. The van der Waals surface area contributed by atoms with E-state index in [1.807, 2.05) is 37.3 Å². The van der Waals surface area contributed by atoms with E-state index in [9.17, 15) is 22.8 Å². The summed E-state index contributed by atoms with van der Waals surface area (Å²) >= 11 is 5.86. The van der Waals surface area contributed by atoms with Crippen LogP contribution in [-0.4, -0.2) is 39.8 Å². The van der Waals surface area contributed by atoms with Crippen molar-refractivity contribution < 1.29 is 22.8 Å². The van der Waals surface area contributed by atoms with E-state index in [1.54, 1.807) is 4.90 Å². The number of carbonyl (C=O) groups is 2. The number of nitrogens with zero attached hydrogens (tertiary/aromatic N) is 3. The molecular formula is C22H25ClF3N3O2. The number of hydrogen-bond donors (Lipinski definition) is 0. The molecule has 3 rings (SSSR count). The summed E-state index contributed by atoms with van der Waals surface area (Å²) in [7, 11) is 0. The number of ketones is 1. The lowest BCUT2D eigenvalue weighted by Gasteiger charge is -2.43. The van der Waals surface area contributed by atoms with Gasteiger partial charge in [-0.2, -0.15) is 18.3 Å². The van der Waals surface area contributed by atoms with Crippen LogP contribution in [0.5, 0.6) is 0 Å². The van der Waals surface area contributed by atoms with Gasteiger partial charge in [0, 0.05) is 19.5 Å². The molecule has 9 heteroatoms. The lowest BCUT2D eigenvalue weighted by molar-refractivity contribution is -0.142. The number of piperidine rings is 1. The van der Waals surface area contributed by atoms with E-state index >= 15 is 0 Å². The van der Waals surface area contributed by atoms with Crippen LogP contribution in [0.1, 0.15) is 55.7 Å². The zero-order valence-corrected chi connectivity index (χ0v) is 18.2. The number of likely N-dealkylation sites (tertiary alicyclic amines) is 1. The minimum atomic E-state index is -4.71. The molecule has 0 aliphatic carbocycles. The first-order chi connectivity index (χ1) is 14.7. The Hall–Kier alpha value is -2.19. The summed E-state index contributed by atoms with van der Waals surface area (Å²) < 4.78 is 40.6. The third-order valence-corrected chi connectivity index (χ3v) is 6.53. The van der Waals surface area contributed by atoms with Crippen LogP contribution in [0, 0.1) is 6.92 Å². The molecule has 0 bridgehead atoms. The summed E-state index contributed by atoms with van der Waals surface area (Å²) in [6.07, 6.45) is -3.03. The van der Waals surface area contributed by atoms with Crippen molar-refractivity contribution in [3.05, 3.63) is 52.3 Å². The smallest absolute Gasteiger partial charge is 0.299 e. The third-order valence-electron chi connectivity index (χ3n) is 6.08. The van der Waals surface area contributed by atoms with E-state index in [1.165, 1.54) is 6.92 Å². The van der Waals surface area contributed by atoms with Gasteiger partial charge in [-0.05, 0) is 31.7 Å². The number of rotatable bonds is 7. The highest BCUT2D eigenvalue weighted by molar-refractivity contribution is 6.32. The molecule has 0 amide bonds. The Labute approximate surface area is 184 Å². The van der Waals surface area contributed by atoms with Crippen LogP contribution in [0.15, 0.2) is 30.3 Å². The van der Waals surface area contributed by atoms with Crippen molar-refractivity contribution in [3.8, 4) is 0 Å². The quantitative estimate of drug-likeness (QED) is 0.553. The molecule has 1 aliphatic heterocycles. The van der Waals surface area contributed by atoms with E-state index in [0.717, 1.165) is 16.7 Å². The summed E-state index contributed by atoms with van der Waals surface area (Å²) in [5.74, 6) is 0.154. The van der Waals surface area contributed by atoms with Gasteiger partial charge in [-0.15, -0.1) is 0 Å². The maximum atomic E-state index is 13.2. The Balaban J connectivity index is 1.89. The maximum Gasteiger partial charge on any atom is 0.436 e. The molecule has 0 saturated carbocycles. The summed E-state index contributed by atoms with van der Waals surface area (Å²) in [5.41, 5.74) is -0.844. The standard InChI is InChI=1S/C22H25ClF3N3O2/c1-3-7-17(31)21(16-8-5-4-6-9-16)10-12-28(13-11-21)18(14-30)29-15(2)19(23)20(27-29)22(24,25)26/h4-6,8-9,14,18H,3,7,10-13H2,1-2H3. The van der Waals surface area contributed by atoms with Crippen molar-refractivity contribution in [3.63, 3.8) is 0 Å². The fourth-order valence-corrected chi connectivity index (χ4v) is 4.59. The first-order valence-corrected chi connectivity index (χ1v) is 10.6. The van der Waals surface area contributed by atoms with Gasteiger partial charge < -0.3 is 0 Å². The van der Waals surface area contributed by atoms with Gasteiger partial charge in [-0.25, -0.2) is 4.68 Å². The first-order valence-electron chi connectivity index (χ1n) is 10.3. The van der Waals surface area contributed by atoms with Crippen molar-refractivity contribution in [1.29, 1.82) is 0 Å². The first kappa shape index (κ1) is 23.5. The molecule has 1 unspecified atom stereocenters. The van der Waals surface area contributed by atoms with Crippen LogP contribution in [0.3, 0.4) is 0 Å². The van der Waals surface area contributed by atoms with Gasteiger partial charge >= 0.3 is 6.18 Å². The molecule has 1 aromatic heterocycles. The number of aromatic nitrogens is 2. The van der Waals surface area contributed by atoms with Crippen molar-refractivity contribution >= 4 is 23.7 Å². The number of halogens is 4. The second kappa shape index (κ2) is 9.12. The molecule has 168 valence electrons. The lowest BCUT2D eigenvalue weighted by Crippen LogP contribution is -2.49. The molecule has 1 saturated heterocycles. The molecule has 1 fully saturated rings. The minimum absolute atomic E-state index is 0.0769. The maximum absolute atomic E-state index is 13.2. The van der Waals surface area contributed by atoms with E-state index in [2.05, 4.69) is 5.10 Å². The summed E-state index contributed by atoms with van der Waals surface area (Å²) in [6, 6.07) is 9.55. The molecular weight excluding hydrogens is 431 g/mol. The molecule has 1 aromatic carbocycles. The molecule has 1 aliphatic rings. The zero-order valence-electron chi connectivity index (χ0n) is 17.5. The number of hydrogen-bond acceptors (Lipinski definition) is 4. The highest BCUT2D eigenvalue weighted by Gasteiger charge is 2.44. The van der Waals surface area contributed by atoms with Crippen LogP contribution < -0.4 is 0 Å². The Morgan fingerprint density at radius 2 is 1.87 bits per heavy atom. The normalized spacial score (nSPS) is 18.0. The average Bonchev–Trinajstić information content (AvgIpc) is 3.05. The van der Waals surface area contributed by atoms with Crippen molar-refractivity contribution in [2.75, 3.05) is 13.1 Å². The molecule has 2 heterocycles. The van der Waals surface area contributed by atoms with Crippen molar-refractivity contribution in [1.82, 2.24) is 14.7 Å². The van der Waals surface area contributed by atoms with Crippen molar-refractivity contribution in [2.45, 2.75) is 57.3 Å². The molecule has 0 radical (unpaired) electrons. The van der Waals surface area contributed by atoms with Crippen LogP contribution >= 0.6 is 11.6 Å². The second-order valence-electron chi connectivity index (χ2n) is 7.90. The number of aldehydes is 1. The molecule has 2 aromatic rings. The molecule has 0 N–H and O–H groups in total. The van der Waals surface area contributed by atoms with E-state index in [0.29, 0.717) is 38.6 Å². The largest absolute Gasteiger partial charge is 0.436 e. The fraction of sp³-hybridized carbons (Fsp3) is 0.500. The third kappa shape index (κ3) is 4.41. The molecule has 0 spiro atoms. The Morgan fingerprint density at radius 3 is 2.35 bits per heavy atom. The highest BCUT2D eigenvalue weighted by Crippen LogP contribution is 2.40. The predicted octanol–water partition coefficient (Wildman–Crippen LogP) is 4.96. The van der Waals surface area contributed by atoms with Crippen LogP contribution in [-0.2, 0) is 21.2 Å². The van der Waals surface area contributed by atoms with Gasteiger partial charge in [0.25, 0.3) is 0 Å². The highest BCUT2D eigenvalue weighted by atomic mass is 35.5. The van der Waals surface area contributed by atoms with Gasteiger partial charge in [-0.3, -0.25) is 14.5 Å². The number of Topliss-reactive ketones (excluding diaryl/α,β-unsaturated/α-hetero) is 1. The van der Waals surface area contributed by atoms with Crippen LogP contribution in [0.4, 0.5) is 13.2 Å². The average molecular weight is 456 g/mol. The minimum Gasteiger partial charge on any atom is -0.299 e. The second-order valence-corrected chi connectivity index (χ2v) is 8.28. The fourth-order valence-electron chi connectivity index (χ4n) is 4.36. The number of carbonyl (C=O) groups excluding carboxylic acids is 2. The summed E-state index contributed by atoms with van der Waals surface area (Å²) in [6.45, 7) is 4.10. The number of alkyl halides is 3. The number of benzene rings is 1. The lowest BCUT2D eigenvalue weighted by atomic mass is 9.68. The van der Waals surface area contributed by atoms with Gasteiger partial charge in [0.05, 0.1) is 16.1 Å². The Kier molecular flexibility index (Phi) is 6.91. The zero-order chi connectivity index (χ0) is 22.8. The molecule has 5 nitrogen and oxygen atoms in total. The van der Waals surface area contributed by atoms with E-state index in [-0.39, 0.29) is 11.5 Å². The van der Waals surface area contributed by atoms with Crippen LogP contribution in [0.2, 0.25) is 5.02 Å². The Bertz CT molecular complexity index is 935. The Morgan fingerprint density at radius 1 is 1.26 bits per heavy atom. The van der Waals surface area contributed by atoms with E-state index in [4.69, 9.17) is 11.6 Å². The van der Waals surface area contributed by atoms with Gasteiger partial charge in [0.1, 0.15) is 5.78 Å². The van der Waals surface area contributed by atoms with E-state index < -0.39 is 28.5 Å². The van der Waals surface area contributed by atoms with Crippen LogP contribution in [0.25, 0.3) is 0 Å². The van der Waals surface area contributed by atoms with Gasteiger partial charge in [0.2, 0.25) is 0 Å². The van der Waals surface area contributed by atoms with Gasteiger partial charge in [-0.1, -0.05) is 48.9 Å². The monoisotopic (exact) mass is 455 g/mol. The summed E-state index contributed by atoms with van der Waals surface area (Å²) in [5, 5.41) is 3.10. The van der Waals surface area contributed by atoms with Gasteiger partial charge in [0.15, 0.2) is 18.1 Å².